The van der Waals surface area contributed by atoms with E-state index in [1.807, 2.05) is 0 Å². The van der Waals surface area contributed by atoms with Gasteiger partial charge in [-0.2, -0.15) is 0 Å². The summed E-state index contributed by atoms with van der Waals surface area (Å²) in [6.45, 7) is 0.0295. The number of aliphatic hydroxyl groups excluding tert-OH is 1. The van der Waals surface area contributed by atoms with Gasteiger partial charge in [-0.15, -0.1) is 0 Å². The summed E-state index contributed by atoms with van der Waals surface area (Å²) in [4.78, 5) is 8.40. The van der Waals surface area contributed by atoms with Crippen LogP contribution in [0.3, 0.4) is 0 Å². The molecule has 0 fully saturated rings. The van der Waals surface area contributed by atoms with E-state index >= 15 is 0 Å². The first-order valence-corrected chi connectivity index (χ1v) is 3.98. The quantitative estimate of drug-likeness (QED) is 0.670. The zero-order valence-corrected chi connectivity index (χ0v) is 6.82. The number of hydrogen-bond donors (Lipinski definition) is 2. The van der Waals surface area contributed by atoms with Gasteiger partial charge in [0.15, 0.2) is 0 Å². The lowest BCUT2D eigenvalue weighted by Gasteiger charge is -2.00. The van der Waals surface area contributed by atoms with E-state index in [0.717, 1.165) is 5.56 Å². The van der Waals surface area contributed by atoms with Crippen molar-refractivity contribution in [3.05, 3.63) is 29.8 Å². The Labute approximate surface area is 66.6 Å². The molecule has 1 unspecified atom stereocenters. The smallest absolute Gasteiger partial charge is 0.212 e. The molecular weight excluding hydrogens is 163 g/mol. The van der Waals surface area contributed by atoms with E-state index in [1.54, 1.807) is 24.3 Å². The minimum absolute atomic E-state index is 0.0295. The molecule has 11 heavy (non-hydrogen) atoms. The van der Waals surface area contributed by atoms with Crippen molar-refractivity contribution >= 4 is 9.03 Å². The average Bonchev–Trinajstić information content (AvgIpc) is 2.07. The molecule has 1 aromatic carbocycles. The maximum Gasteiger partial charge on any atom is 0.212 e. The van der Waals surface area contributed by atoms with Crippen molar-refractivity contribution in [1.82, 2.24) is 0 Å². The molecular formula is C7H9O3P. The van der Waals surface area contributed by atoms with Gasteiger partial charge in [0.1, 0.15) is 5.75 Å². The van der Waals surface area contributed by atoms with Crippen molar-refractivity contribution in [3.8, 4) is 5.75 Å². The third-order valence-corrected chi connectivity index (χ3v) is 1.60. The second-order valence-corrected chi connectivity index (χ2v) is 2.38. The van der Waals surface area contributed by atoms with Crippen LogP contribution in [0.4, 0.5) is 0 Å². The normalized spacial score (nSPS) is 10.7. The van der Waals surface area contributed by atoms with Crippen LogP contribution in [0.1, 0.15) is 5.56 Å². The average molecular weight is 172 g/mol. The zero-order valence-electron chi connectivity index (χ0n) is 5.82. The summed E-state index contributed by atoms with van der Waals surface area (Å²) in [7, 11) is -0.530. The third-order valence-electron chi connectivity index (χ3n) is 1.27. The molecule has 0 heterocycles. The highest BCUT2D eigenvalue weighted by Gasteiger charge is 1.92. The van der Waals surface area contributed by atoms with Crippen LogP contribution in [-0.2, 0) is 6.61 Å². The molecule has 0 aliphatic rings. The molecule has 0 radical (unpaired) electrons. The molecule has 0 saturated carbocycles. The van der Waals surface area contributed by atoms with Crippen LogP contribution in [0.15, 0.2) is 24.3 Å². The van der Waals surface area contributed by atoms with Gasteiger partial charge >= 0.3 is 0 Å². The predicted octanol–water partition coefficient (Wildman–Crippen LogP) is 1.06. The first-order valence-electron chi connectivity index (χ1n) is 3.12. The SMILES string of the molecule is OCc1ccc(OPO)cc1. The van der Waals surface area contributed by atoms with E-state index in [-0.39, 0.29) is 6.61 Å². The first-order chi connectivity index (χ1) is 5.36. The lowest BCUT2D eigenvalue weighted by molar-refractivity contribution is 0.282. The van der Waals surface area contributed by atoms with Crippen molar-refractivity contribution < 1.29 is 14.5 Å². The molecule has 0 saturated heterocycles. The topological polar surface area (TPSA) is 49.7 Å². The van der Waals surface area contributed by atoms with E-state index in [0.29, 0.717) is 5.75 Å². The molecule has 0 aliphatic heterocycles. The van der Waals surface area contributed by atoms with Crippen molar-refractivity contribution in [1.29, 1.82) is 0 Å². The molecule has 0 bridgehead atoms. The highest BCUT2D eigenvalue weighted by Crippen LogP contribution is 2.17. The van der Waals surface area contributed by atoms with E-state index in [1.165, 1.54) is 0 Å². The molecule has 0 spiro atoms. The van der Waals surface area contributed by atoms with Gasteiger partial charge in [-0.05, 0) is 17.7 Å². The number of benzene rings is 1. The van der Waals surface area contributed by atoms with E-state index < -0.39 is 9.03 Å². The Morgan fingerprint density at radius 1 is 1.27 bits per heavy atom. The second kappa shape index (κ2) is 4.29. The Morgan fingerprint density at radius 2 is 1.91 bits per heavy atom. The van der Waals surface area contributed by atoms with Crippen LogP contribution in [0.2, 0.25) is 0 Å². The molecule has 0 amide bonds. The summed E-state index contributed by atoms with van der Waals surface area (Å²) in [6, 6.07) is 6.90. The standard InChI is InChI=1S/C7H9O3P/c8-5-6-1-3-7(4-2-6)10-11-9/h1-4,8-9,11H,5H2. The molecule has 4 heteroatoms. The van der Waals surface area contributed by atoms with Crippen LogP contribution in [-0.4, -0.2) is 10.00 Å². The van der Waals surface area contributed by atoms with Crippen LogP contribution in [0.25, 0.3) is 0 Å². The first kappa shape index (κ1) is 8.47. The molecule has 0 aromatic heterocycles. The maximum absolute atomic E-state index is 8.67. The molecule has 1 atom stereocenters. The Balaban J connectivity index is 2.66. The van der Waals surface area contributed by atoms with Crippen LogP contribution >= 0.6 is 9.03 Å². The Hall–Kier alpha value is -0.630. The fourth-order valence-corrected chi connectivity index (χ4v) is 0.957. The van der Waals surface area contributed by atoms with Gasteiger partial charge in [0.05, 0.1) is 6.61 Å². The number of hydrogen-bond acceptors (Lipinski definition) is 3. The van der Waals surface area contributed by atoms with Crippen molar-refractivity contribution in [2.24, 2.45) is 0 Å². The van der Waals surface area contributed by atoms with Crippen molar-refractivity contribution in [3.63, 3.8) is 0 Å². The molecule has 1 aromatic rings. The van der Waals surface area contributed by atoms with Crippen LogP contribution in [0.5, 0.6) is 5.75 Å². The Kier molecular flexibility index (Phi) is 3.30. The summed E-state index contributed by atoms with van der Waals surface area (Å²) in [5, 5.41) is 8.67. The predicted molar refractivity (Wildman–Crippen MR) is 43.5 cm³/mol. The largest absolute Gasteiger partial charge is 0.450 e. The third kappa shape index (κ3) is 2.46. The highest BCUT2D eigenvalue weighted by atomic mass is 31.1. The van der Waals surface area contributed by atoms with Crippen molar-refractivity contribution in [2.75, 3.05) is 0 Å². The van der Waals surface area contributed by atoms with Crippen molar-refractivity contribution in [2.45, 2.75) is 6.61 Å². The molecule has 60 valence electrons. The molecule has 3 nitrogen and oxygen atoms in total. The molecule has 0 aliphatic carbocycles. The number of rotatable bonds is 3. The van der Waals surface area contributed by atoms with Gasteiger partial charge in [0, 0.05) is 0 Å². The van der Waals surface area contributed by atoms with Crippen LogP contribution in [0, 0.1) is 0 Å². The maximum atomic E-state index is 8.67. The van der Waals surface area contributed by atoms with E-state index in [4.69, 9.17) is 14.5 Å². The summed E-state index contributed by atoms with van der Waals surface area (Å²) in [6.07, 6.45) is 0. The van der Waals surface area contributed by atoms with Gasteiger partial charge in [0.25, 0.3) is 0 Å². The summed E-state index contributed by atoms with van der Waals surface area (Å²) in [5.41, 5.74) is 0.832. The van der Waals surface area contributed by atoms with E-state index in [9.17, 15) is 0 Å². The Morgan fingerprint density at radius 3 is 2.36 bits per heavy atom. The fraction of sp³-hybridized carbons (Fsp3) is 0.143. The fourth-order valence-electron chi connectivity index (χ4n) is 0.716. The summed E-state index contributed by atoms with van der Waals surface area (Å²) >= 11 is 0. The second-order valence-electron chi connectivity index (χ2n) is 2.00. The van der Waals surface area contributed by atoms with Gasteiger partial charge in [-0.25, -0.2) is 0 Å². The van der Waals surface area contributed by atoms with Gasteiger partial charge < -0.3 is 14.5 Å². The minimum Gasteiger partial charge on any atom is -0.450 e. The van der Waals surface area contributed by atoms with Gasteiger partial charge in [-0.1, -0.05) is 12.1 Å². The van der Waals surface area contributed by atoms with Gasteiger partial charge in [-0.3, -0.25) is 0 Å². The monoisotopic (exact) mass is 172 g/mol. The van der Waals surface area contributed by atoms with Crippen LogP contribution < -0.4 is 4.52 Å². The lowest BCUT2D eigenvalue weighted by atomic mass is 10.2. The van der Waals surface area contributed by atoms with Gasteiger partial charge in [0.2, 0.25) is 9.03 Å². The minimum atomic E-state index is -0.530. The highest BCUT2D eigenvalue weighted by molar-refractivity contribution is 7.25. The number of aliphatic hydroxyl groups is 1. The summed E-state index contributed by atoms with van der Waals surface area (Å²) < 4.78 is 4.81. The van der Waals surface area contributed by atoms with E-state index in [2.05, 4.69) is 0 Å². The Bertz CT molecular complexity index is 209. The lowest BCUT2D eigenvalue weighted by Crippen LogP contribution is -1.82. The summed E-state index contributed by atoms with van der Waals surface area (Å²) in [5.74, 6) is 0.614. The molecule has 1 rings (SSSR count). The molecule has 2 N–H and O–H groups in total. The zero-order chi connectivity index (χ0) is 8.10.